The summed E-state index contributed by atoms with van der Waals surface area (Å²) in [5, 5.41) is 8.52. The van der Waals surface area contributed by atoms with Crippen molar-refractivity contribution in [2.75, 3.05) is 5.75 Å². The minimum absolute atomic E-state index is 0.0590. The van der Waals surface area contributed by atoms with Crippen molar-refractivity contribution in [1.29, 1.82) is 0 Å². The van der Waals surface area contributed by atoms with Gasteiger partial charge in [-0.05, 0) is 30.5 Å². The Morgan fingerprint density at radius 2 is 1.84 bits per heavy atom. The van der Waals surface area contributed by atoms with Crippen LogP contribution in [0, 0.1) is 6.92 Å². The molecular weight excluding hydrogens is 332 g/mol. The van der Waals surface area contributed by atoms with Gasteiger partial charge in [-0.1, -0.05) is 67.6 Å². The van der Waals surface area contributed by atoms with Gasteiger partial charge in [0.2, 0.25) is 5.89 Å². The monoisotopic (exact) mass is 352 g/mol. The number of ketones is 1. The van der Waals surface area contributed by atoms with Crippen LogP contribution in [0.3, 0.4) is 0 Å². The van der Waals surface area contributed by atoms with E-state index in [1.54, 1.807) is 0 Å². The third-order valence-electron chi connectivity index (χ3n) is 3.92. The van der Waals surface area contributed by atoms with E-state index in [1.807, 2.05) is 55.5 Å². The minimum atomic E-state index is 0.0590. The van der Waals surface area contributed by atoms with Crippen molar-refractivity contribution in [1.82, 2.24) is 10.2 Å². The summed E-state index contributed by atoms with van der Waals surface area (Å²) in [4.78, 5) is 12.3. The fraction of sp³-hybridized carbons (Fsp3) is 0.250. The quantitative estimate of drug-likeness (QED) is 0.444. The minimum Gasteiger partial charge on any atom is -0.411 e. The average Bonchev–Trinajstić information content (AvgIpc) is 3.10. The van der Waals surface area contributed by atoms with Gasteiger partial charge in [0.25, 0.3) is 5.22 Å². The molecule has 3 aromatic rings. The van der Waals surface area contributed by atoms with Gasteiger partial charge in [-0.25, -0.2) is 0 Å². The molecule has 1 aromatic heterocycles. The molecule has 2 aromatic carbocycles. The zero-order valence-electron chi connectivity index (χ0n) is 14.4. The standard InChI is InChI=1S/C20H20N2O2S/c1-3-6-15-9-11-16(12-10-15)18(23)13-25-20-22-21-19(24-20)17-8-5-4-7-14(17)2/h4-5,7-12H,3,6,13H2,1-2H3. The van der Waals surface area contributed by atoms with Crippen LogP contribution in [-0.2, 0) is 6.42 Å². The first-order chi connectivity index (χ1) is 12.2. The Balaban J connectivity index is 1.62. The molecule has 4 nitrogen and oxygen atoms in total. The Morgan fingerprint density at radius 1 is 1.08 bits per heavy atom. The predicted molar refractivity (Wildman–Crippen MR) is 100.0 cm³/mol. The van der Waals surface area contributed by atoms with E-state index in [4.69, 9.17) is 4.42 Å². The van der Waals surface area contributed by atoms with Crippen LogP contribution in [-0.4, -0.2) is 21.7 Å². The number of benzene rings is 2. The molecule has 128 valence electrons. The molecule has 0 unspecified atom stereocenters. The Kier molecular flexibility index (Phi) is 5.66. The second-order valence-electron chi connectivity index (χ2n) is 5.85. The van der Waals surface area contributed by atoms with Gasteiger partial charge < -0.3 is 4.42 Å². The van der Waals surface area contributed by atoms with Gasteiger partial charge in [0, 0.05) is 11.1 Å². The smallest absolute Gasteiger partial charge is 0.277 e. The molecular formula is C20H20N2O2S. The lowest BCUT2D eigenvalue weighted by atomic mass is 10.1. The summed E-state index contributed by atoms with van der Waals surface area (Å²) in [6, 6.07) is 15.7. The summed E-state index contributed by atoms with van der Waals surface area (Å²) in [5.41, 5.74) is 3.96. The van der Waals surface area contributed by atoms with Crippen LogP contribution in [0.15, 0.2) is 58.2 Å². The Bertz CT molecular complexity index is 856. The molecule has 0 aliphatic heterocycles. The first kappa shape index (κ1) is 17.4. The van der Waals surface area contributed by atoms with E-state index in [-0.39, 0.29) is 11.5 Å². The molecule has 0 N–H and O–H groups in total. The molecule has 1 heterocycles. The molecule has 25 heavy (non-hydrogen) atoms. The molecule has 0 bridgehead atoms. The van der Waals surface area contributed by atoms with Crippen molar-refractivity contribution in [3.63, 3.8) is 0 Å². The van der Waals surface area contributed by atoms with Gasteiger partial charge in [-0.3, -0.25) is 4.79 Å². The molecule has 0 aliphatic carbocycles. The molecule has 0 amide bonds. The zero-order valence-corrected chi connectivity index (χ0v) is 15.2. The summed E-state index contributed by atoms with van der Waals surface area (Å²) in [6.07, 6.45) is 2.14. The van der Waals surface area contributed by atoms with Gasteiger partial charge >= 0.3 is 0 Å². The summed E-state index contributed by atoms with van der Waals surface area (Å²) >= 11 is 1.27. The lowest BCUT2D eigenvalue weighted by molar-refractivity contribution is 0.102. The fourth-order valence-corrected chi connectivity index (χ4v) is 3.20. The molecule has 0 saturated carbocycles. The van der Waals surface area contributed by atoms with E-state index in [1.165, 1.54) is 17.3 Å². The van der Waals surface area contributed by atoms with E-state index in [9.17, 15) is 4.79 Å². The van der Waals surface area contributed by atoms with E-state index >= 15 is 0 Å². The Morgan fingerprint density at radius 3 is 2.56 bits per heavy atom. The second kappa shape index (κ2) is 8.12. The highest BCUT2D eigenvalue weighted by atomic mass is 32.2. The molecule has 5 heteroatoms. The van der Waals surface area contributed by atoms with E-state index < -0.39 is 0 Å². The van der Waals surface area contributed by atoms with Crippen molar-refractivity contribution >= 4 is 17.5 Å². The third kappa shape index (κ3) is 4.37. The Hall–Kier alpha value is -2.40. The number of carbonyl (C=O) groups excluding carboxylic acids is 1. The first-order valence-corrected chi connectivity index (χ1v) is 9.30. The van der Waals surface area contributed by atoms with E-state index in [0.717, 1.165) is 24.0 Å². The van der Waals surface area contributed by atoms with Gasteiger partial charge in [0.15, 0.2) is 5.78 Å². The second-order valence-corrected chi connectivity index (χ2v) is 6.77. The molecule has 0 spiro atoms. The lowest BCUT2D eigenvalue weighted by Gasteiger charge is -2.02. The normalized spacial score (nSPS) is 10.8. The number of rotatable bonds is 7. The van der Waals surface area contributed by atoms with Crippen molar-refractivity contribution in [3.8, 4) is 11.5 Å². The first-order valence-electron chi connectivity index (χ1n) is 8.32. The molecule has 0 atom stereocenters. The van der Waals surface area contributed by atoms with Gasteiger partial charge in [-0.2, -0.15) is 0 Å². The fourth-order valence-electron chi connectivity index (χ4n) is 2.55. The highest BCUT2D eigenvalue weighted by Gasteiger charge is 2.13. The lowest BCUT2D eigenvalue weighted by Crippen LogP contribution is -2.02. The average molecular weight is 352 g/mol. The zero-order chi connectivity index (χ0) is 17.6. The van der Waals surface area contributed by atoms with Crippen LogP contribution in [0.4, 0.5) is 0 Å². The van der Waals surface area contributed by atoms with Crippen LogP contribution in [0.5, 0.6) is 0 Å². The molecule has 0 radical (unpaired) electrons. The number of Topliss-reactive ketones (excluding diaryl/α,β-unsaturated/α-hetero) is 1. The molecule has 0 aliphatic rings. The van der Waals surface area contributed by atoms with E-state index in [0.29, 0.717) is 16.7 Å². The molecule has 0 saturated heterocycles. The topological polar surface area (TPSA) is 56.0 Å². The number of nitrogens with zero attached hydrogens (tertiary/aromatic N) is 2. The highest BCUT2D eigenvalue weighted by Crippen LogP contribution is 2.25. The number of aromatic nitrogens is 2. The van der Waals surface area contributed by atoms with Crippen molar-refractivity contribution < 1.29 is 9.21 Å². The van der Waals surface area contributed by atoms with Crippen molar-refractivity contribution in [3.05, 3.63) is 65.2 Å². The Labute approximate surface area is 151 Å². The number of hydrogen-bond acceptors (Lipinski definition) is 5. The third-order valence-corrected chi connectivity index (χ3v) is 4.74. The number of carbonyl (C=O) groups is 1. The highest BCUT2D eigenvalue weighted by molar-refractivity contribution is 7.99. The maximum Gasteiger partial charge on any atom is 0.277 e. The van der Waals surface area contributed by atoms with E-state index in [2.05, 4.69) is 17.1 Å². The number of thioether (sulfide) groups is 1. The predicted octanol–water partition coefficient (Wildman–Crippen LogP) is 4.97. The summed E-state index contributed by atoms with van der Waals surface area (Å²) in [5.74, 6) is 0.823. The van der Waals surface area contributed by atoms with Crippen LogP contribution >= 0.6 is 11.8 Å². The SMILES string of the molecule is CCCc1ccc(C(=O)CSc2nnc(-c3ccccc3C)o2)cc1. The maximum absolute atomic E-state index is 12.3. The molecule has 0 fully saturated rings. The van der Waals surface area contributed by atoms with Crippen LogP contribution in [0.1, 0.15) is 34.8 Å². The van der Waals surface area contributed by atoms with Gasteiger partial charge in [-0.15, -0.1) is 10.2 Å². The summed E-state index contributed by atoms with van der Waals surface area (Å²) in [7, 11) is 0. The maximum atomic E-state index is 12.3. The van der Waals surface area contributed by atoms with Crippen molar-refractivity contribution in [2.45, 2.75) is 31.9 Å². The van der Waals surface area contributed by atoms with Crippen molar-refractivity contribution in [2.24, 2.45) is 0 Å². The largest absolute Gasteiger partial charge is 0.411 e. The van der Waals surface area contributed by atoms with Crippen LogP contribution in [0.25, 0.3) is 11.5 Å². The van der Waals surface area contributed by atoms with Crippen LogP contribution < -0.4 is 0 Å². The summed E-state index contributed by atoms with van der Waals surface area (Å²) < 4.78 is 5.68. The van der Waals surface area contributed by atoms with Crippen LogP contribution in [0.2, 0.25) is 0 Å². The number of hydrogen-bond donors (Lipinski definition) is 0. The van der Waals surface area contributed by atoms with Gasteiger partial charge in [0.05, 0.1) is 5.75 Å². The summed E-state index contributed by atoms with van der Waals surface area (Å²) in [6.45, 7) is 4.14. The molecule has 3 rings (SSSR count). The van der Waals surface area contributed by atoms with Gasteiger partial charge in [0.1, 0.15) is 0 Å². The number of aryl methyl sites for hydroxylation is 2.